The number of hydrogen-bond donors (Lipinski definition) is 1. The molecular formula is C31H35ClFN5O3. The number of aryl methyl sites for hydroxylation is 1. The first-order valence-electron chi connectivity index (χ1n) is 14.1. The summed E-state index contributed by atoms with van der Waals surface area (Å²) < 4.78 is 16.6. The highest BCUT2D eigenvalue weighted by atomic mass is 35.5. The van der Waals surface area contributed by atoms with Crippen LogP contribution in [-0.2, 0) is 22.4 Å². The Morgan fingerprint density at radius 1 is 1.15 bits per heavy atom. The fourth-order valence-electron chi connectivity index (χ4n) is 5.66. The van der Waals surface area contributed by atoms with Crippen molar-refractivity contribution in [3.05, 3.63) is 75.5 Å². The zero-order chi connectivity index (χ0) is 29.3. The van der Waals surface area contributed by atoms with Crippen LogP contribution in [0.25, 0.3) is 10.9 Å². The second-order valence-electron chi connectivity index (χ2n) is 10.8. The number of anilines is 1. The van der Waals surface area contributed by atoms with Crippen molar-refractivity contribution >= 4 is 40.1 Å². The number of allylic oxidation sites excluding steroid dienone is 2. The zero-order valence-corrected chi connectivity index (χ0v) is 24.4. The monoisotopic (exact) mass is 579 g/mol. The van der Waals surface area contributed by atoms with Gasteiger partial charge in [0.1, 0.15) is 17.2 Å². The number of halogens is 2. The number of rotatable bonds is 7. The van der Waals surface area contributed by atoms with E-state index in [0.29, 0.717) is 75.3 Å². The van der Waals surface area contributed by atoms with Crippen LogP contribution in [0.2, 0.25) is 5.02 Å². The van der Waals surface area contributed by atoms with Crippen molar-refractivity contribution in [2.75, 3.05) is 45.2 Å². The molecule has 0 radical (unpaired) electrons. The Bertz CT molecular complexity index is 1520. The summed E-state index contributed by atoms with van der Waals surface area (Å²) in [4.78, 5) is 39.3. The lowest BCUT2D eigenvalue weighted by Gasteiger charge is -2.36. The van der Waals surface area contributed by atoms with Crippen molar-refractivity contribution in [3.8, 4) is 0 Å². The average Bonchev–Trinajstić information content (AvgIpc) is 2.96. The minimum atomic E-state index is -0.569. The summed E-state index contributed by atoms with van der Waals surface area (Å²) in [5.41, 5.74) is 2.22. The van der Waals surface area contributed by atoms with Gasteiger partial charge < -0.3 is 19.8 Å². The van der Waals surface area contributed by atoms with Gasteiger partial charge in [-0.25, -0.2) is 14.4 Å². The zero-order valence-electron chi connectivity index (χ0n) is 23.7. The number of carbonyl (C=O) groups excluding carboxylic acids is 2. The molecule has 1 N–H and O–H groups in total. The molecule has 1 aliphatic heterocycles. The van der Waals surface area contributed by atoms with Gasteiger partial charge in [0.25, 0.3) is 0 Å². The molecule has 1 unspecified atom stereocenters. The third kappa shape index (κ3) is 5.86. The second-order valence-corrected chi connectivity index (χ2v) is 11.2. The standard InChI is InChI=1S/C31H35ClFN5O3/c1-4-26(40)37-12-14-38(15-13-37)31-23-18-24(32)28(22-17-20(39)16-19-8-5-6-9-21(19)22)29(33)30(23)34-25(35-31)10-7-11-27(41)36(2)3/h5-6,8-9,17-18,22,39H,4,7,10-16H2,1-3H3. The van der Waals surface area contributed by atoms with E-state index in [4.69, 9.17) is 16.6 Å². The van der Waals surface area contributed by atoms with Crippen LogP contribution in [0, 0.1) is 5.82 Å². The Labute approximate surface area is 244 Å². The predicted molar refractivity (Wildman–Crippen MR) is 158 cm³/mol. The molecule has 0 spiro atoms. The molecule has 1 aliphatic carbocycles. The Morgan fingerprint density at radius 3 is 2.59 bits per heavy atom. The van der Waals surface area contributed by atoms with E-state index in [1.54, 1.807) is 31.1 Å². The van der Waals surface area contributed by atoms with Gasteiger partial charge in [0.05, 0.1) is 5.76 Å². The molecule has 1 atom stereocenters. The Morgan fingerprint density at radius 2 is 1.88 bits per heavy atom. The molecule has 1 aromatic heterocycles. The second kappa shape index (κ2) is 12.0. The first-order chi connectivity index (χ1) is 19.7. The summed E-state index contributed by atoms with van der Waals surface area (Å²) in [5, 5.41) is 11.2. The van der Waals surface area contributed by atoms with E-state index in [0.717, 1.165) is 11.1 Å². The molecule has 2 aromatic carbocycles. The number of amides is 2. The van der Waals surface area contributed by atoms with E-state index in [2.05, 4.69) is 9.88 Å². The quantitative estimate of drug-likeness (QED) is 0.423. The van der Waals surface area contributed by atoms with Crippen LogP contribution < -0.4 is 4.90 Å². The lowest BCUT2D eigenvalue weighted by molar-refractivity contribution is -0.131. The first kappa shape index (κ1) is 28.8. The highest BCUT2D eigenvalue weighted by Crippen LogP contribution is 2.42. The Balaban J connectivity index is 1.58. The molecular weight excluding hydrogens is 545 g/mol. The number of fused-ring (bicyclic) bond motifs is 2. The van der Waals surface area contributed by atoms with Gasteiger partial charge in [0.2, 0.25) is 11.8 Å². The highest BCUT2D eigenvalue weighted by molar-refractivity contribution is 6.32. The van der Waals surface area contributed by atoms with Crippen LogP contribution in [0.15, 0.2) is 42.2 Å². The minimum Gasteiger partial charge on any atom is -0.512 e. The normalized spacial score (nSPS) is 16.9. The fraction of sp³-hybridized carbons (Fsp3) is 0.419. The van der Waals surface area contributed by atoms with Gasteiger partial charge in [-0.1, -0.05) is 42.8 Å². The van der Waals surface area contributed by atoms with Gasteiger partial charge >= 0.3 is 0 Å². The molecule has 10 heteroatoms. The van der Waals surface area contributed by atoms with Crippen LogP contribution in [0.1, 0.15) is 54.6 Å². The molecule has 1 fully saturated rings. The lowest BCUT2D eigenvalue weighted by Crippen LogP contribution is -2.49. The number of aliphatic hydroxyl groups is 1. The van der Waals surface area contributed by atoms with E-state index in [1.165, 1.54) is 0 Å². The van der Waals surface area contributed by atoms with E-state index in [1.807, 2.05) is 36.1 Å². The first-order valence-corrected chi connectivity index (χ1v) is 14.4. The summed E-state index contributed by atoms with van der Waals surface area (Å²) in [6.07, 6.45) is 3.74. The number of piperazine rings is 1. The lowest BCUT2D eigenvalue weighted by atomic mass is 9.82. The van der Waals surface area contributed by atoms with Gasteiger partial charge in [-0.15, -0.1) is 0 Å². The highest BCUT2D eigenvalue weighted by Gasteiger charge is 2.30. The van der Waals surface area contributed by atoms with Gasteiger partial charge in [-0.2, -0.15) is 0 Å². The number of carbonyl (C=O) groups is 2. The third-order valence-corrected chi connectivity index (χ3v) is 8.21. The van der Waals surface area contributed by atoms with Crippen molar-refractivity contribution in [2.24, 2.45) is 0 Å². The van der Waals surface area contributed by atoms with Gasteiger partial charge in [-0.05, 0) is 29.7 Å². The van der Waals surface area contributed by atoms with Crippen molar-refractivity contribution < 1.29 is 19.1 Å². The van der Waals surface area contributed by atoms with Crippen LogP contribution in [0.3, 0.4) is 0 Å². The maximum atomic E-state index is 16.6. The fourth-order valence-corrected chi connectivity index (χ4v) is 5.97. The van der Waals surface area contributed by atoms with Crippen molar-refractivity contribution in [1.29, 1.82) is 0 Å². The molecule has 3 aromatic rings. The van der Waals surface area contributed by atoms with E-state index >= 15 is 4.39 Å². The minimum absolute atomic E-state index is 0.00512. The molecule has 216 valence electrons. The maximum absolute atomic E-state index is 16.6. The van der Waals surface area contributed by atoms with Crippen LogP contribution in [0.4, 0.5) is 10.2 Å². The smallest absolute Gasteiger partial charge is 0.222 e. The average molecular weight is 580 g/mol. The molecule has 2 aliphatic rings. The molecule has 2 heterocycles. The maximum Gasteiger partial charge on any atom is 0.222 e. The number of aliphatic hydroxyl groups excluding tert-OH is 1. The molecule has 2 amide bonds. The molecule has 0 bridgehead atoms. The van der Waals surface area contributed by atoms with Gasteiger partial charge in [0.15, 0.2) is 5.82 Å². The van der Waals surface area contributed by atoms with E-state index < -0.39 is 11.7 Å². The third-order valence-electron chi connectivity index (χ3n) is 7.90. The number of nitrogens with zero attached hydrogens (tertiary/aromatic N) is 5. The number of hydrogen-bond acceptors (Lipinski definition) is 6. The molecule has 41 heavy (non-hydrogen) atoms. The molecule has 0 saturated carbocycles. The summed E-state index contributed by atoms with van der Waals surface area (Å²) in [6, 6.07) is 9.36. The van der Waals surface area contributed by atoms with Gasteiger partial charge in [-0.3, -0.25) is 9.59 Å². The van der Waals surface area contributed by atoms with Crippen molar-refractivity contribution in [1.82, 2.24) is 19.8 Å². The topological polar surface area (TPSA) is 89.9 Å². The van der Waals surface area contributed by atoms with Crippen molar-refractivity contribution in [2.45, 2.75) is 44.9 Å². The summed E-state index contributed by atoms with van der Waals surface area (Å²) in [7, 11) is 3.43. The Hall–Kier alpha value is -3.72. The molecule has 5 rings (SSSR count). The number of benzene rings is 2. The van der Waals surface area contributed by atoms with E-state index in [9.17, 15) is 14.7 Å². The molecule has 8 nitrogen and oxygen atoms in total. The Kier molecular flexibility index (Phi) is 8.45. The van der Waals surface area contributed by atoms with Crippen LogP contribution in [-0.4, -0.2) is 77.0 Å². The largest absolute Gasteiger partial charge is 0.512 e. The summed E-state index contributed by atoms with van der Waals surface area (Å²) >= 11 is 6.82. The number of aromatic nitrogens is 2. The SMILES string of the molecule is CCC(=O)N1CCN(c2nc(CCCC(=O)N(C)C)nc3c(F)c(C4C=C(O)Cc5ccccc54)c(Cl)cc23)CC1. The van der Waals surface area contributed by atoms with Crippen molar-refractivity contribution in [3.63, 3.8) is 0 Å². The van der Waals surface area contributed by atoms with E-state index in [-0.39, 0.29) is 33.7 Å². The summed E-state index contributed by atoms with van der Waals surface area (Å²) in [5.74, 6) is 0.172. The van der Waals surface area contributed by atoms with Crippen LogP contribution in [0.5, 0.6) is 0 Å². The molecule has 1 saturated heterocycles. The predicted octanol–water partition coefficient (Wildman–Crippen LogP) is 5.02. The van der Waals surface area contributed by atoms with Crippen LogP contribution >= 0.6 is 11.6 Å². The summed E-state index contributed by atoms with van der Waals surface area (Å²) in [6.45, 7) is 4.03. The van der Waals surface area contributed by atoms with Gasteiger partial charge in [0, 0.05) is 87.8 Å².